The van der Waals surface area contributed by atoms with Crippen molar-refractivity contribution in [1.29, 1.82) is 0 Å². The number of aromatic nitrogens is 3. The number of aliphatic imine (C=N–C) groups is 1. The van der Waals surface area contributed by atoms with E-state index in [1.54, 1.807) is 0 Å². The van der Waals surface area contributed by atoms with Crippen molar-refractivity contribution in [2.75, 3.05) is 36.5 Å². The Balaban J connectivity index is 1.60. The van der Waals surface area contributed by atoms with Gasteiger partial charge in [0.05, 0.1) is 0 Å². The summed E-state index contributed by atoms with van der Waals surface area (Å²) in [5, 5.41) is 15.4. The molecule has 1 aromatic heterocycles. The molecule has 8 heteroatoms. The number of rotatable bonds is 8. The number of hydrogen-bond donors (Lipinski definition) is 2. The molecule has 1 atom stereocenters. The van der Waals surface area contributed by atoms with E-state index >= 15 is 0 Å². The van der Waals surface area contributed by atoms with E-state index in [-0.39, 0.29) is 0 Å². The monoisotopic (exact) mass is 401 g/mol. The van der Waals surface area contributed by atoms with Crippen LogP contribution in [0.3, 0.4) is 0 Å². The van der Waals surface area contributed by atoms with Gasteiger partial charge in [0.15, 0.2) is 11.8 Å². The molecule has 2 heterocycles. The average molecular weight is 402 g/mol. The van der Waals surface area contributed by atoms with E-state index in [4.69, 9.17) is 4.99 Å². The fraction of sp³-hybridized carbons (Fsp3) is 0.550. The number of benzene rings is 1. The standard InChI is InChI=1S/C20H31N7S/c1-16-24-25-19(26(16)2)14-22-20(21-11-7-13-28-3)23-17-10-12-27(15-17)18-8-5-4-6-9-18/h4-6,8-9,17H,7,10-15H2,1-3H3,(H2,21,22,23). The van der Waals surface area contributed by atoms with Crippen molar-refractivity contribution in [2.45, 2.75) is 32.4 Å². The van der Waals surface area contributed by atoms with Gasteiger partial charge in [0, 0.05) is 38.4 Å². The molecule has 1 fully saturated rings. The lowest BCUT2D eigenvalue weighted by molar-refractivity contribution is 0.642. The van der Waals surface area contributed by atoms with Crippen molar-refractivity contribution in [1.82, 2.24) is 25.4 Å². The topological polar surface area (TPSA) is 70.4 Å². The second-order valence-electron chi connectivity index (χ2n) is 7.07. The third-order valence-electron chi connectivity index (χ3n) is 5.03. The van der Waals surface area contributed by atoms with Crippen molar-refractivity contribution < 1.29 is 0 Å². The van der Waals surface area contributed by atoms with E-state index in [0.29, 0.717) is 12.6 Å². The first kappa shape index (κ1) is 20.5. The minimum atomic E-state index is 0.383. The number of nitrogens with one attached hydrogen (secondary N) is 2. The molecule has 0 spiro atoms. The number of anilines is 1. The van der Waals surface area contributed by atoms with Crippen molar-refractivity contribution in [2.24, 2.45) is 12.0 Å². The molecule has 2 aromatic rings. The van der Waals surface area contributed by atoms with Gasteiger partial charge >= 0.3 is 0 Å². The van der Waals surface area contributed by atoms with E-state index in [2.05, 4.69) is 62.3 Å². The molecule has 1 aliphatic heterocycles. The quantitative estimate of drug-likeness (QED) is 0.401. The van der Waals surface area contributed by atoms with E-state index in [9.17, 15) is 0 Å². The molecular weight excluding hydrogens is 370 g/mol. The molecule has 0 bridgehead atoms. The van der Waals surface area contributed by atoms with Gasteiger partial charge in [0.2, 0.25) is 0 Å². The number of nitrogens with zero attached hydrogens (tertiary/aromatic N) is 5. The maximum absolute atomic E-state index is 4.77. The Kier molecular flexibility index (Phi) is 7.59. The van der Waals surface area contributed by atoms with Gasteiger partial charge < -0.3 is 20.1 Å². The van der Waals surface area contributed by atoms with Crippen LogP contribution in [-0.4, -0.2) is 58.4 Å². The predicted molar refractivity (Wildman–Crippen MR) is 118 cm³/mol. The SMILES string of the molecule is CSCCCNC(=NCc1nnc(C)n1C)NC1CCN(c2ccccc2)C1. The van der Waals surface area contributed by atoms with Crippen LogP contribution in [0.15, 0.2) is 35.3 Å². The van der Waals surface area contributed by atoms with Gasteiger partial charge in [-0.2, -0.15) is 11.8 Å². The Hall–Kier alpha value is -2.22. The van der Waals surface area contributed by atoms with Crippen molar-refractivity contribution in [3.05, 3.63) is 42.0 Å². The zero-order valence-corrected chi connectivity index (χ0v) is 17.9. The van der Waals surface area contributed by atoms with Crippen LogP contribution < -0.4 is 15.5 Å². The molecule has 1 saturated heterocycles. The maximum atomic E-state index is 4.77. The van der Waals surface area contributed by atoms with Crippen LogP contribution in [0.4, 0.5) is 5.69 Å². The normalized spacial score (nSPS) is 17.2. The van der Waals surface area contributed by atoms with E-state index < -0.39 is 0 Å². The lowest BCUT2D eigenvalue weighted by Gasteiger charge is -2.20. The van der Waals surface area contributed by atoms with Crippen molar-refractivity contribution in [3.8, 4) is 0 Å². The number of aryl methyl sites for hydroxylation is 1. The van der Waals surface area contributed by atoms with E-state index in [0.717, 1.165) is 55.8 Å². The van der Waals surface area contributed by atoms with Gasteiger partial charge in [0.25, 0.3) is 0 Å². The molecule has 2 N–H and O–H groups in total. The molecule has 28 heavy (non-hydrogen) atoms. The van der Waals surface area contributed by atoms with E-state index in [1.165, 1.54) is 5.69 Å². The summed E-state index contributed by atoms with van der Waals surface area (Å²) in [6.45, 7) is 5.43. The zero-order chi connectivity index (χ0) is 19.8. The molecule has 7 nitrogen and oxygen atoms in total. The van der Waals surface area contributed by atoms with Crippen LogP contribution in [0, 0.1) is 6.92 Å². The Labute approximate surface area is 172 Å². The fourth-order valence-electron chi connectivity index (χ4n) is 3.26. The molecule has 1 aliphatic rings. The van der Waals surface area contributed by atoms with Gasteiger partial charge in [-0.05, 0) is 43.9 Å². The van der Waals surface area contributed by atoms with Gasteiger partial charge in [-0.1, -0.05) is 18.2 Å². The summed E-state index contributed by atoms with van der Waals surface area (Å²) in [7, 11) is 1.98. The van der Waals surface area contributed by atoms with Gasteiger partial charge in [-0.3, -0.25) is 0 Å². The summed E-state index contributed by atoms with van der Waals surface area (Å²) in [6.07, 6.45) is 4.36. The Morgan fingerprint density at radius 2 is 2.11 bits per heavy atom. The molecule has 152 valence electrons. The number of thioether (sulfide) groups is 1. The summed E-state index contributed by atoms with van der Waals surface area (Å²) in [5.41, 5.74) is 1.28. The second-order valence-corrected chi connectivity index (χ2v) is 8.06. The molecule has 1 unspecified atom stereocenters. The Bertz CT molecular complexity index is 759. The summed E-state index contributed by atoms with van der Waals surface area (Å²) in [6, 6.07) is 11.0. The summed E-state index contributed by atoms with van der Waals surface area (Å²) in [4.78, 5) is 7.20. The first-order valence-electron chi connectivity index (χ1n) is 9.86. The van der Waals surface area contributed by atoms with Crippen LogP contribution in [0.5, 0.6) is 0 Å². The second kappa shape index (κ2) is 10.4. The highest BCUT2D eigenvalue weighted by Gasteiger charge is 2.23. The molecule has 0 saturated carbocycles. The van der Waals surface area contributed by atoms with Gasteiger partial charge in [-0.15, -0.1) is 10.2 Å². The molecule has 0 radical (unpaired) electrons. The largest absolute Gasteiger partial charge is 0.369 e. The third kappa shape index (κ3) is 5.64. The van der Waals surface area contributed by atoms with Crippen LogP contribution in [0.1, 0.15) is 24.5 Å². The van der Waals surface area contributed by atoms with Gasteiger partial charge in [0.1, 0.15) is 12.4 Å². The predicted octanol–water partition coefficient (Wildman–Crippen LogP) is 2.19. The Morgan fingerprint density at radius 1 is 1.29 bits per heavy atom. The smallest absolute Gasteiger partial charge is 0.191 e. The third-order valence-corrected chi connectivity index (χ3v) is 5.73. The maximum Gasteiger partial charge on any atom is 0.191 e. The van der Waals surface area contributed by atoms with Crippen LogP contribution in [0.2, 0.25) is 0 Å². The lowest BCUT2D eigenvalue weighted by atomic mass is 10.2. The summed E-state index contributed by atoms with van der Waals surface area (Å²) in [5.74, 6) is 3.79. The van der Waals surface area contributed by atoms with Crippen LogP contribution in [0.25, 0.3) is 0 Å². The average Bonchev–Trinajstić information content (AvgIpc) is 3.31. The van der Waals surface area contributed by atoms with Crippen molar-refractivity contribution in [3.63, 3.8) is 0 Å². The van der Waals surface area contributed by atoms with Gasteiger partial charge in [-0.25, -0.2) is 4.99 Å². The first-order valence-corrected chi connectivity index (χ1v) is 11.3. The lowest BCUT2D eigenvalue weighted by Crippen LogP contribution is -2.45. The highest BCUT2D eigenvalue weighted by molar-refractivity contribution is 7.98. The minimum absolute atomic E-state index is 0.383. The highest BCUT2D eigenvalue weighted by atomic mass is 32.2. The fourth-order valence-corrected chi connectivity index (χ4v) is 3.69. The van der Waals surface area contributed by atoms with E-state index in [1.807, 2.05) is 30.3 Å². The molecular formula is C20H31N7S. The molecule has 3 rings (SSSR count). The molecule has 1 aromatic carbocycles. The summed E-state index contributed by atoms with van der Waals surface area (Å²) >= 11 is 1.87. The first-order chi connectivity index (χ1) is 13.7. The van der Waals surface area contributed by atoms with Crippen molar-refractivity contribution >= 4 is 23.4 Å². The zero-order valence-electron chi connectivity index (χ0n) is 17.1. The molecule has 0 amide bonds. The Morgan fingerprint density at radius 3 is 2.82 bits per heavy atom. The van der Waals surface area contributed by atoms with Crippen LogP contribution >= 0.6 is 11.8 Å². The number of hydrogen-bond acceptors (Lipinski definition) is 5. The highest BCUT2D eigenvalue weighted by Crippen LogP contribution is 2.19. The number of para-hydroxylation sites is 1. The minimum Gasteiger partial charge on any atom is -0.369 e. The summed E-state index contributed by atoms with van der Waals surface area (Å²) < 4.78 is 1.99. The van der Waals surface area contributed by atoms with Crippen LogP contribution in [-0.2, 0) is 13.6 Å². The molecule has 0 aliphatic carbocycles. The number of guanidine groups is 1.